The van der Waals surface area contributed by atoms with E-state index in [9.17, 15) is 37.9 Å². The number of aromatic nitrogens is 3. The molecule has 4 aliphatic heterocycles. The number of carboxylic acids is 1. The van der Waals surface area contributed by atoms with Crippen molar-refractivity contribution in [1.82, 2.24) is 45.2 Å². The van der Waals surface area contributed by atoms with E-state index in [2.05, 4.69) is 72.3 Å². The summed E-state index contributed by atoms with van der Waals surface area (Å²) in [7, 11) is 0. The third kappa shape index (κ3) is 17.1. The molecular formula is C63H79ClF3N11O7S. The van der Waals surface area contributed by atoms with Gasteiger partial charge in [0.05, 0.1) is 52.1 Å². The molecule has 9 rings (SSSR count). The number of halogens is 4. The van der Waals surface area contributed by atoms with Gasteiger partial charge in [-0.1, -0.05) is 82.6 Å². The average molecular weight is 1230 g/mol. The smallest absolute Gasteiger partial charge is 0.487 e. The van der Waals surface area contributed by atoms with Gasteiger partial charge in [0, 0.05) is 81.5 Å². The number of nitriles is 1. The molecule has 4 saturated heterocycles. The van der Waals surface area contributed by atoms with Crippen LogP contribution in [0.25, 0.3) is 10.4 Å². The van der Waals surface area contributed by atoms with Gasteiger partial charge in [-0.15, -0.1) is 11.3 Å². The number of ether oxygens (including phenoxy) is 1. The van der Waals surface area contributed by atoms with Gasteiger partial charge in [0.15, 0.2) is 0 Å². The molecule has 4 aliphatic rings. The molecule has 5 aromatic rings. The Morgan fingerprint density at radius 3 is 2.12 bits per heavy atom. The second-order valence-electron chi connectivity index (χ2n) is 24.6. The lowest BCUT2D eigenvalue weighted by Crippen LogP contribution is -2.59. The minimum absolute atomic E-state index is 0.0295. The molecule has 4 N–H and O–H groups in total. The van der Waals surface area contributed by atoms with E-state index in [0.717, 1.165) is 122 Å². The van der Waals surface area contributed by atoms with Gasteiger partial charge in [-0.2, -0.15) is 18.4 Å². The van der Waals surface area contributed by atoms with Crippen LogP contribution in [-0.2, 0) is 31.2 Å². The number of thiazole rings is 1. The standard InChI is InChI=1S/C61H78ClN11O5S.C2HF3O2/c1-40(44-8-10-45(11-9-44)55-41(2)65-39-79-55)66-57(76)53-33-51(74)36-73(53)58(77)56(60(3,4)5)68-54(75)37-69-22-19-50(20-23-69)71-24-17-42(18-25-71)35-70-26-28-72(29-27-70)59-64-21-16-49(67-59)38-78-52-14-12-46(13-15-52)61(6,7)47-30-43(34-63)31-48(62)32-47;3-2(4,5)1(6)7/h8-16,21,30-32,39-40,42,50-51,53,56,74H,17-20,22-29,33,35-38H2,1-7H3,(H,66,76)(H,68,75);(H,6,7)/t40-,51+,53-,56+;/m0./s1. The maximum atomic E-state index is 14.3. The summed E-state index contributed by atoms with van der Waals surface area (Å²) in [6.07, 6.45) is 0.377. The van der Waals surface area contributed by atoms with Crippen LogP contribution in [-0.4, -0.2) is 171 Å². The highest BCUT2D eigenvalue weighted by Gasteiger charge is 2.45. The van der Waals surface area contributed by atoms with Gasteiger partial charge in [0.25, 0.3) is 0 Å². The molecule has 0 saturated carbocycles. The molecule has 18 nitrogen and oxygen atoms in total. The minimum atomic E-state index is -5.08. The fourth-order valence-corrected chi connectivity index (χ4v) is 12.8. The molecule has 2 aromatic heterocycles. The molecule has 0 spiro atoms. The molecule has 86 heavy (non-hydrogen) atoms. The number of carbonyl (C=O) groups excluding carboxylic acids is 3. The van der Waals surface area contributed by atoms with Gasteiger partial charge in [-0.25, -0.2) is 19.7 Å². The van der Waals surface area contributed by atoms with Gasteiger partial charge in [-0.3, -0.25) is 24.2 Å². The van der Waals surface area contributed by atoms with E-state index in [0.29, 0.717) is 29.2 Å². The van der Waals surface area contributed by atoms with E-state index >= 15 is 0 Å². The van der Waals surface area contributed by atoms with Gasteiger partial charge < -0.3 is 40.3 Å². The zero-order valence-electron chi connectivity index (χ0n) is 49.9. The molecule has 3 aromatic carbocycles. The monoisotopic (exact) mass is 1230 g/mol. The number of β-amino-alcohol motifs (C(OH)–C–C–N with tert-alkyl or cyclic N) is 1. The Hall–Kier alpha value is -6.74. The van der Waals surface area contributed by atoms with Crippen LogP contribution in [0.5, 0.6) is 5.75 Å². The van der Waals surface area contributed by atoms with Crippen LogP contribution in [0, 0.1) is 29.6 Å². The average Bonchev–Trinajstić information content (AvgIpc) is 4.22. The highest BCUT2D eigenvalue weighted by molar-refractivity contribution is 7.13. The number of amides is 3. The largest absolute Gasteiger partial charge is 0.490 e. The number of aliphatic carboxylic acids is 1. The number of aliphatic hydroxyl groups excluding tert-OH is 1. The second-order valence-corrected chi connectivity index (χ2v) is 25.9. The van der Waals surface area contributed by atoms with E-state index in [1.165, 1.54) is 17.7 Å². The summed E-state index contributed by atoms with van der Waals surface area (Å²) in [5, 5.41) is 34.1. The molecule has 4 atom stereocenters. The lowest BCUT2D eigenvalue weighted by atomic mass is 9.78. The molecule has 3 amide bonds. The summed E-state index contributed by atoms with van der Waals surface area (Å²) in [6.45, 7) is 23.1. The summed E-state index contributed by atoms with van der Waals surface area (Å²) in [5.41, 5.74) is 7.25. The Morgan fingerprint density at radius 2 is 1.51 bits per heavy atom. The third-order valence-corrected chi connectivity index (χ3v) is 18.2. The molecule has 6 heterocycles. The number of piperazine rings is 1. The quantitative estimate of drug-likeness (QED) is 0.0685. The maximum absolute atomic E-state index is 14.3. The Labute approximate surface area is 510 Å². The molecule has 0 unspecified atom stereocenters. The number of nitrogens with one attached hydrogen (secondary N) is 2. The highest BCUT2D eigenvalue weighted by Crippen LogP contribution is 2.36. The molecular weight excluding hydrogens is 1150 g/mol. The molecule has 462 valence electrons. The van der Waals surface area contributed by atoms with Crippen LogP contribution in [0.1, 0.15) is 113 Å². The molecule has 4 fully saturated rings. The third-order valence-electron chi connectivity index (χ3n) is 17.0. The number of rotatable bonds is 17. The van der Waals surface area contributed by atoms with Crippen LogP contribution in [0.3, 0.4) is 0 Å². The van der Waals surface area contributed by atoms with Crippen molar-refractivity contribution in [2.45, 2.75) is 129 Å². The predicted octanol–water partition coefficient (Wildman–Crippen LogP) is 8.64. The first-order valence-electron chi connectivity index (χ1n) is 29.3. The minimum Gasteiger partial charge on any atom is -0.487 e. The van der Waals surface area contributed by atoms with Crippen molar-refractivity contribution in [3.63, 3.8) is 0 Å². The van der Waals surface area contributed by atoms with Crippen molar-refractivity contribution >= 4 is 52.6 Å². The van der Waals surface area contributed by atoms with Gasteiger partial charge in [0.2, 0.25) is 23.7 Å². The van der Waals surface area contributed by atoms with Crippen molar-refractivity contribution in [2.75, 3.05) is 76.9 Å². The van der Waals surface area contributed by atoms with E-state index in [1.807, 2.05) is 101 Å². The maximum Gasteiger partial charge on any atom is 0.490 e. The first kappa shape index (κ1) is 65.2. The van der Waals surface area contributed by atoms with E-state index in [-0.39, 0.29) is 48.7 Å². The zero-order chi connectivity index (χ0) is 62.1. The van der Waals surface area contributed by atoms with Crippen LogP contribution in [0.2, 0.25) is 5.02 Å². The summed E-state index contributed by atoms with van der Waals surface area (Å²) in [6, 6.07) is 24.1. The topological polar surface area (TPSA) is 221 Å². The van der Waals surface area contributed by atoms with Crippen LogP contribution in [0.15, 0.2) is 84.5 Å². The van der Waals surface area contributed by atoms with Crippen molar-refractivity contribution in [3.8, 4) is 22.3 Å². The van der Waals surface area contributed by atoms with E-state index in [1.54, 1.807) is 17.4 Å². The molecule has 0 bridgehead atoms. The first-order valence-corrected chi connectivity index (χ1v) is 30.6. The van der Waals surface area contributed by atoms with Crippen molar-refractivity contribution in [1.29, 1.82) is 5.26 Å². The molecule has 23 heteroatoms. The fourth-order valence-electron chi connectivity index (χ4n) is 11.8. The van der Waals surface area contributed by atoms with Crippen LogP contribution in [0.4, 0.5) is 19.1 Å². The van der Waals surface area contributed by atoms with Gasteiger partial charge in [-0.05, 0) is 123 Å². The number of anilines is 1. The number of carbonyl (C=O) groups is 4. The number of hydrogen-bond acceptors (Lipinski definition) is 15. The first-order chi connectivity index (χ1) is 40.7. The van der Waals surface area contributed by atoms with Crippen LogP contribution >= 0.6 is 22.9 Å². The number of aryl methyl sites for hydroxylation is 1. The van der Waals surface area contributed by atoms with Crippen molar-refractivity contribution in [2.24, 2.45) is 11.3 Å². The lowest BCUT2D eigenvalue weighted by Gasteiger charge is -2.43. The Balaban J connectivity index is 0.00000129. The predicted molar refractivity (Wildman–Crippen MR) is 324 cm³/mol. The number of nitrogens with zero attached hydrogens (tertiary/aromatic N) is 9. The zero-order valence-corrected chi connectivity index (χ0v) is 51.5. The fraction of sp³-hybridized carbons (Fsp3) is 0.524. The normalized spacial score (nSPS) is 19.4. The highest BCUT2D eigenvalue weighted by atomic mass is 35.5. The number of benzene rings is 3. The number of carboxylic acid groups (broad SMARTS) is 1. The Morgan fingerprint density at radius 1 is 0.849 bits per heavy atom. The second kappa shape index (κ2) is 28.4. The Bertz CT molecular complexity index is 3170. The van der Waals surface area contributed by atoms with Gasteiger partial charge >= 0.3 is 12.1 Å². The lowest BCUT2D eigenvalue weighted by molar-refractivity contribution is -0.192. The number of aliphatic hydroxyl groups is 1. The van der Waals surface area contributed by atoms with E-state index in [4.69, 9.17) is 31.2 Å². The van der Waals surface area contributed by atoms with Gasteiger partial charge in [0.1, 0.15) is 24.4 Å². The van der Waals surface area contributed by atoms with E-state index < -0.39 is 35.7 Å². The number of alkyl halides is 3. The SMILES string of the molecule is Cc1ncsc1-c1ccc([C@H](C)NC(=O)[C@@H]2C[C@@H](O)CN2C(=O)[C@@H](NC(=O)CN2CCC(N3CCC(CN4CCN(c5nccc(COc6ccc(C(C)(C)c7cc(Cl)cc(C#N)c7)cc6)n5)CC4)CC3)CC2)C(C)(C)C)cc1.O=C(O)C(F)(F)F. The van der Waals surface area contributed by atoms with Crippen molar-refractivity contribution in [3.05, 3.63) is 123 Å². The Kier molecular flexibility index (Phi) is 21.5. The van der Waals surface area contributed by atoms with Crippen molar-refractivity contribution < 1.29 is 47.3 Å². The number of hydrogen-bond donors (Lipinski definition) is 4. The summed E-state index contributed by atoms with van der Waals surface area (Å²) < 4.78 is 37.9. The summed E-state index contributed by atoms with van der Waals surface area (Å²) in [4.78, 5) is 77.0. The molecule has 0 aliphatic carbocycles. The summed E-state index contributed by atoms with van der Waals surface area (Å²) >= 11 is 7.92. The number of likely N-dealkylation sites (tertiary alicyclic amines) is 3. The number of piperidine rings is 2. The molecule has 0 radical (unpaired) electrons. The van der Waals surface area contributed by atoms with Crippen LogP contribution < -0.4 is 20.3 Å². The summed E-state index contributed by atoms with van der Waals surface area (Å²) in [5.74, 6) is -1.50.